The van der Waals surface area contributed by atoms with E-state index in [-0.39, 0.29) is 24.8 Å². The highest BCUT2D eigenvalue weighted by atomic mass is 35.5. The van der Waals surface area contributed by atoms with Crippen molar-refractivity contribution in [2.24, 2.45) is 5.92 Å². The van der Waals surface area contributed by atoms with Gasteiger partial charge in [-0.1, -0.05) is 30.3 Å². The van der Waals surface area contributed by atoms with Crippen LogP contribution in [-0.2, 0) is 6.54 Å². The van der Waals surface area contributed by atoms with Gasteiger partial charge in [0.1, 0.15) is 28.8 Å². The van der Waals surface area contributed by atoms with Crippen LogP contribution in [0.4, 0.5) is 14.6 Å². The number of benzene rings is 2. The number of ether oxygens (including phenoxy) is 1. The highest BCUT2D eigenvalue weighted by Crippen LogP contribution is 2.37. The minimum absolute atomic E-state index is 0. The van der Waals surface area contributed by atoms with Crippen molar-refractivity contribution in [1.82, 2.24) is 15.3 Å². The number of halogens is 4. The van der Waals surface area contributed by atoms with E-state index in [2.05, 4.69) is 15.6 Å². The average molecular weight is 521 g/mol. The zero-order chi connectivity index (χ0) is 22.6. The summed E-state index contributed by atoms with van der Waals surface area (Å²) in [5.41, 5.74) is 2.84. The number of aromatic nitrogens is 2. The molecule has 0 aliphatic carbocycles. The van der Waals surface area contributed by atoms with E-state index in [0.717, 1.165) is 42.9 Å². The Morgan fingerprint density at radius 3 is 2.40 bits per heavy atom. The lowest BCUT2D eigenvalue weighted by atomic mass is 9.99. The molecule has 0 amide bonds. The van der Waals surface area contributed by atoms with Crippen LogP contribution in [0.25, 0.3) is 22.2 Å². The topological polar surface area (TPSA) is 62.0 Å². The van der Waals surface area contributed by atoms with Gasteiger partial charge in [0.15, 0.2) is 0 Å². The van der Waals surface area contributed by atoms with Crippen LogP contribution >= 0.6 is 24.8 Å². The van der Waals surface area contributed by atoms with Crippen LogP contribution in [0.5, 0.6) is 5.75 Å². The maximum Gasteiger partial charge on any atom is 0.144 e. The molecular formula is C26H28Cl2F2N4O. The van der Waals surface area contributed by atoms with Crippen molar-refractivity contribution in [1.29, 1.82) is 0 Å². The Kier molecular flexibility index (Phi) is 9.32. The van der Waals surface area contributed by atoms with E-state index in [1.165, 1.54) is 12.1 Å². The van der Waals surface area contributed by atoms with Gasteiger partial charge in [-0.15, -0.1) is 24.8 Å². The van der Waals surface area contributed by atoms with Crippen molar-refractivity contribution in [2.75, 3.05) is 25.0 Å². The molecule has 3 heterocycles. The number of piperidine rings is 1. The van der Waals surface area contributed by atoms with Crippen molar-refractivity contribution in [3.8, 4) is 16.9 Å². The Morgan fingerprint density at radius 2 is 1.69 bits per heavy atom. The average Bonchev–Trinajstić information content (AvgIpc) is 3.26. The minimum Gasteiger partial charge on any atom is -0.492 e. The number of nitrogens with one attached hydrogen (secondary N) is 3. The van der Waals surface area contributed by atoms with E-state index in [1.807, 2.05) is 36.4 Å². The van der Waals surface area contributed by atoms with Gasteiger partial charge < -0.3 is 20.4 Å². The highest BCUT2D eigenvalue weighted by Gasteiger charge is 2.19. The lowest BCUT2D eigenvalue weighted by Crippen LogP contribution is -2.30. The number of fused-ring (bicyclic) bond motifs is 1. The lowest BCUT2D eigenvalue weighted by Gasteiger charge is -2.23. The monoisotopic (exact) mass is 520 g/mol. The smallest absolute Gasteiger partial charge is 0.144 e. The SMILES string of the molecule is Cl.Cl.Fc1cc(F)cc(-c2c[nH]c3nc(NCc4ccccc4)cc(OCC4CCNCC4)c23)c1. The van der Waals surface area contributed by atoms with E-state index in [1.54, 1.807) is 6.20 Å². The van der Waals surface area contributed by atoms with Crippen molar-refractivity contribution in [2.45, 2.75) is 19.4 Å². The number of nitrogens with zero attached hydrogens (tertiary/aromatic N) is 1. The Balaban J connectivity index is 0.00000171. The van der Waals surface area contributed by atoms with Gasteiger partial charge in [0, 0.05) is 30.4 Å². The lowest BCUT2D eigenvalue weighted by molar-refractivity contribution is 0.217. The van der Waals surface area contributed by atoms with Crippen LogP contribution in [0, 0.1) is 17.6 Å². The van der Waals surface area contributed by atoms with Crippen LogP contribution in [0.15, 0.2) is 60.8 Å². The van der Waals surface area contributed by atoms with E-state index < -0.39 is 11.6 Å². The molecule has 0 spiro atoms. The van der Waals surface area contributed by atoms with Crippen LogP contribution in [0.2, 0.25) is 0 Å². The first-order chi connectivity index (χ1) is 16.2. The molecule has 0 unspecified atom stereocenters. The second-order valence-corrected chi connectivity index (χ2v) is 8.43. The first-order valence-electron chi connectivity index (χ1n) is 11.3. The molecule has 1 aliphatic heterocycles. The second-order valence-electron chi connectivity index (χ2n) is 8.43. The molecule has 1 saturated heterocycles. The quantitative estimate of drug-likeness (QED) is 0.266. The van der Waals surface area contributed by atoms with E-state index in [9.17, 15) is 8.78 Å². The molecule has 2 aromatic heterocycles. The van der Waals surface area contributed by atoms with Gasteiger partial charge in [-0.3, -0.25) is 0 Å². The fourth-order valence-electron chi connectivity index (χ4n) is 4.28. The molecule has 0 saturated carbocycles. The number of pyridine rings is 1. The van der Waals surface area contributed by atoms with Crippen molar-refractivity contribution >= 4 is 41.7 Å². The molecule has 5 rings (SSSR count). The largest absolute Gasteiger partial charge is 0.492 e. The number of anilines is 1. The van der Waals surface area contributed by atoms with E-state index >= 15 is 0 Å². The molecule has 0 bridgehead atoms. The van der Waals surface area contributed by atoms with Crippen LogP contribution in [0.3, 0.4) is 0 Å². The summed E-state index contributed by atoms with van der Waals surface area (Å²) in [5, 5.41) is 7.45. The summed E-state index contributed by atoms with van der Waals surface area (Å²) in [4.78, 5) is 7.85. The summed E-state index contributed by atoms with van der Waals surface area (Å²) in [7, 11) is 0. The molecule has 0 radical (unpaired) electrons. The number of rotatable bonds is 7. The third-order valence-electron chi connectivity index (χ3n) is 6.03. The molecule has 1 aliphatic rings. The summed E-state index contributed by atoms with van der Waals surface area (Å²) < 4.78 is 34.2. The Hall–Kier alpha value is -2.87. The summed E-state index contributed by atoms with van der Waals surface area (Å²) >= 11 is 0. The van der Waals surface area contributed by atoms with Crippen molar-refractivity contribution < 1.29 is 13.5 Å². The van der Waals surface area contributed by atoms with E-state index in [4.69, 9.17) is 9.72 Å². The molecule has 3 N–H and O–H groups in total. The fraction of sp³-hybridized carbons (Fsp3) is 0.269. The third-order valence-corrected chi connectivity index (χ3v) is 6.03. The molecule has 2 aromatic carbocycles. The zero-order valence-electron chi connectivity index (χ0n) is 19.0. The standard InChI is InChI=1S/C26H26F2N4O.2ClH/c27-20-10-19(11-21(28)12-20)22-15-31-26-25(22)23(33-16-18-6-8-29-9-7-18)13-24(32-26)30-14-17-4-2-1-3-5-17;;/h1-5,10-13,15,18,29H,6-9,14,16H2,(H2,30,31,32);2*1H. The Morgan fingerprint density at radius 1 is 0.971 bits per heavy atom. The number of aromatic amines is 1. The molecule has 0 atom stereocenters. The van der Waals surface area contributed by atoms with Gasteiger partial charge in [0.25, 0.3) is 0 Å². The summed E-state index contributed by atoms with van der Waals surface area (Å²) in [5.74, 6) is 0.543. The van der Waals surface area contributed by atoms with Gasteiger partial charge in [-0.25, -0.2) is 13.8 Å². The molecule has 1 fully saturated rings. The predicted molar refractivity (Wildman–Crippen MR) is 141 cm³/mol. The van der Waals surface area contributed by atoms with Crippen LogP contribution in [0.1, 0.15) is 18.4 Å². The summed E-state index contributed by atoms with van der Waals surface area (Å²) in [6, 6.07) is 15.5. The van der Waals surface area contributed by atoms with Gasteiger partial charge in [-0.05, 0) is 55.1 Å². The molecule has 35 heavy (non-hydrogen) atoms. The van der Waals surface area contributed by atoms with Crippen LogP contribution < -0.4 is 15.4 Å². The molecule has 5 nitrogen and oxygen atoms in total. The number of H-pyrrole nitrogens is 1. The first kappa shape index (κ1) is 26.7. The minimum atomic E-state index is -0.620. The summed E-state index contributed by atoms with van der Waals surface area (Å²) in [6.45, 7) is 3.18. The maximum atomic E-state index is 13.9. The zero-order valence-corrected chi connectivity index (χ0v) is 20.7. The second kappa shape index (κ2) is 12.2. The molecule has 4 aromatic rings. The van der Waals surface area contributed by atoms with E-state index in [0.29, 0.717) is 47.4 Å². The van der Waals surface area contributed by atoms with Gasteiger partial charge in [0.2, 0.25) is 0 Å². The third kappa shape index (κ3) is 6.42. The number of hydrogen-bond acceptors (Lipinski definition) is 4. The maximum absolute atomic E-state index is 13.9. The first-order valence-corrected chi connectivity index (χ1v) is 11.3. The summed E-state index contributed by atoms with van der Waals surface area (Å²) in [6.07, 6.45) is 3.84. The molecular weight excluding hydrogens is 493 g/mol. The van der Waals surface area contributed by atoms with Gasteiger partial charge in [-0.2, -0.15) is 0 Å². The highest BCUT2D eigenvalue weighted by molar-refractivity contribution is 5.99. The Labute approximate surface area is 215 Å². The van der Waals surface area contributed by atoms with Crippen molar-refractivity contribution in [3.05, 3.63) is 78.0 Å². The normalized spacial score (nSPS) is 13.7. The molecule has 186 valence electrons. The number of hydrogen-bond donors (Lipinski definition) is 3. The predicted octanol–water partition coefficient (Wildman–Crippen LogP) is 6.34. The van der Waals surface area contributed by atoms with Gasteiger partial charge in [0.05, 0.1) is 12.0 Å². The Bertz CT molecular complexity index is 1230. The van der Waals surface area contributed by atoms with Crippen molar-refractivity contribution in [3.63, 3.8) is 0 Å². The van der Waals surface area contributed by atoms with Crippen LogP contribution in [-0.4, -0.2) is 29.7 Å². The van der Waals surface area contributed by atoms with Gasteiger partial charge >= 0.3 is 0 Å². The fourth-order valence-corrected chi connectivity index (χ4v) is 4.28. The molecule has 9 heteroatoms.